The van der Waals surface area contributed by atoms with Crippen molar-refractivity contribution in [2.75, 3.05) is 38.1 Å². The van der Waals surface area contributed by atoms with E-state index in [0.29, 0.717) is 30.5 Å². The topological polar surface area (TPSA) is 81.7 Å². The smallest absolute Gasteiger partial charge is 0.228 e. The Morgan fingerprint density at radius 1 is 1.08 bits per heavy atom. The van der Waals surface area contributed by atoms with Gasteiger partial charge in [0.1, 0.15) is 5.82 Å². The van der Waals surface area contributed by atoms with E-state index in [0.717, 1.165) is 24.2 Å². The Morgan fingerprint density at radius 3 is 2.46 bits per heavy atom. The molecule has 0 radical (unpaired) electrons. The molecule has 0 saturated carbocycles. The Hall–Kier alpha value is -2.80. The summed E-state index contributed by atoms with van der Waals surface area (Å²) >= 11 is 0. The van der Waals surface area contributed by atoms with Gasteiger partial charge in [-0.3, -0.25) is 4.79 Å². The molecular weight excluding hydrogens is 334 g/mol. The van der Waals surface area contributed by atoms with Crippen LogP contribution < -0.4 is 20.1 Å². The molecule has 1 amide bonds. The highest BCUT2D eigenvalue weighted by Gasteiger charge is 2.21. The minimum Gasteiger partial charge on any atom is -0.493 e. The lowest BCUT2D eigenvalue weighted by Crippen LogP contribution is -2.28. The van der Waals surface area contributed by atoms with Gasteiger partial charge in [-0.2, -0.15) is 0 Å². The molecule has 2 N–H and O–H groups in total. The fourth-order valence-corrected chi connectivity index (χ4v) is 2.81. The standard InChI is InChI=1S/C19H23N3O4/c1-24-16-5-3-14(11-17(16)25-2)21-15-4-6-18(20-12-15)22-19(23)13-7-9-26-10-8-13/h3-6,11-13,21H,7-10H2,1-2H3,(H,20,22,23). The average Bonchev–Trinajstić information content (AvgIpc) is 2.70. The van der Waals surface area contributed by atoms with Crippen LogP contribution in [0.4, 0.5) is 17.2 Å². The lowest BCUT2D eigenvalue weighted by atomic mass is 9.99. The zero-order valence-corrected chi connectivity index (χ0v) is 15.0. The molecule has 7 heteroatoms. The molecule has 1 aromatic heterocycles. The van der Waals surface area contributed by atoms with Crippen LogP contribution in [-0.2, 0) is 9.53 Å². The molecule has 0 spiro atoms. The third kappa shape index (κ3) is 4.43. The molecular formula is C19H23N3O4. The number of hydrogen-bond donors (Lipinski definition) is 2. The summed E-state index contributed by atoms with van der Waals surface area (Å²) < 4.78 is 15.8. The third-order valence-corrected chi connectivity index (χ3v) is 4.28. The summed E-state index contributed by atoms with van der Waals surface area (Å²) in [6.07, 6.45) is 3.19. The van der Waals surface area contributed by atoms with Gasteiger partial charge in [-0.1, -0.05) is 0 Å². The van der Waals surface area contributed by atoms with E-state index in [1.165, 1.54) is 0 Å². The number of carbonyl (C=O) groups is 1. The number of nitrogens with zero attached hydrogens (tertiary/aromatic N) is 1. The number of carbonyl (C=O) groups excluding carboxylic acids is 1. The van der Waals surface area contributed by atoms with Crippen molar-refractivity contribution >= 4 is 23.1 Å². The van der Waals surface area contributed by atoms with Gasteiger partial charge in [-0.05, 0) is 37.1 Å². The quantitative estimate of drug-likeness (QED) is 0.826. The summed E-state index contributed by atoms with van der Waals surface area (Å²) in [4.78, 5) is 16.5. The number of nitrogens with one attached hydrogen (secondary N) is 2. The molecule has 0 unspecified atom stereocenters. The molecule has 2 heterocycles. The van der Waals surface area contributed by atoms with Crippen LogP contribution in [0.15, 0.2) is 36.5 Å². The Kier molecular flexibility index (Phi) is 5.91. The van der Waals surface area contributed by atoms with Gasteiger partial charge in [0.05, 0.1) is 26.1 Å². The molecule has 1 fully saturated rings. The second-order valence-electron chi connectivity index (χ2n) is 6.00. The maximum atomic E-state index is 12.2. The summed E-state index contributed by atoms with van der Waals surface area (Å²) in [5, 5.41) is 6.11. The molecule has 7 nitrogen and oxygen atoms in total. The number of ether oxygens (including phenoxy) is 3. The zero-order valence-electron chi connectivity index (χ0n) is 15.0. The van der Waals surface area contributed by atoms with Crippen molar-refractivity contribution < 1.29 is 19.0 Å². The van der Waals surface area contributed by atoms with Crippen LogP contribution in [0.2, 0.25) is 0 Å². The van der Waals surface area contributed by atoms with Gasteiger partial charge in [0, 0.05) is 30.9 Å². The van der Waals surface area contributed by atoms with Gasteiger partial charge in [0.15, 0.2) is 11.5 Å². The van der Waals surface area contributed by atoms with E-state index in [1.54, 1.807) is 26.5 Å². The molecule has 1 saturated heterocycles. The van der Waals surface area contributed by atoms with Gasteiger partial charge >= 0.3 is 0 Å². The second kappa shape index (κ2) is 8.53. The Bertz CT molecular complexity index is 743. The Labute approximate surface area is 152 Å². The minimum atomic E-state index is -0.00452. The number of anilines is 3. The number of methoxy groups -OCH3 is 2. The molecule has 0 atom stereocenters. The van der Waals surface area contributed by atoms with Gasteiger partial charge in [-0.15, -0.1) is 0 Å². The predicted molar refractivity (Wildman–Crippen MR) is 99.2 cm³/mol. The molecule has 2 aromatic rings. The van der Waals surface area contributed by atoms with Crippen molar-refractivity contribution in [2.45, 2.75) is 12.8 Å². The van der Waals surface area contributed by atoms with Crippen molar-refractivity contribution in [3.63, 3.8) is 0 Å². The summed E-state index contributed by atoms with van der Waals surface area (Å²) in [5.74, 6) is 1.85. The fourth-order valence-electron chi connectivity index (χ4n) is 2.81. The number of pyridine rings is 1. The second-order valence-corrected chi connectivity index (χ2v) is 6.00. The normalized spacial score (nSPS) is 14.5. The summed E-state index contributed by atoms with van der Waals surface area (Å²) in [6.45, 7) is 1.28. The van der Waals surface area contributed by atoms with E-state index in [2.05, 4.69) is 15.6 Å². The van der Waals surface area contributed by atoms with Crippen LogP contribution in [0.3, 0.4) is 0 Å². The van der Waals surface area contributed by atoms with Crippen molar-refractivity contribution in [1.82, 2.24) is 4.98 Å². The van der Waals surface area contributed by atoms with Crippen LogP contribution in [-0.4, -0.2) is 38.3 Å². The highest BCUT2D eigenvalue weighted by molar-refractivity contribution is 5.91. The van der Waals surface area contributed by atoms with Gasteiger partial charge < -0.3 is 24.8 Å². The SMILES string of the molecule is COc1ccc(Nc2ccc(NC(=O)C3CCOCC3)nc2)cc1OC. The van der Waals surface area contributed by atoms with Gasteiger partial charge in [0.2, 0.25) is 5.91 Å². The minimum absolute atomic E-state index is 0.00130. The summed E-state index contributed by atoms with van der Waals surface area (Å²) in [5.41, 5.74) is 1.66. The summed E-state index contributed by atoms with van der Waals surface area (Å²) in [6, 6.07) is 9.21. The van der Waals surface area contributed by atoms with E-state index < -0.39 is 0 Å². The van der Waals surface area contributed by atoms with E-state index in [1.807, 2.05) is 24.3 Å². The van der Waals surface area contributed by atoms with Crippen LogP contribution in [0, 0.1) is 5.92 Å². The third-order valence-electron chi connectivity index (χ3n) is 4.28. The number of rotatable bonds is 6. The van der Waals surface area contributed by atoms with Crippen molar-refractivity contribution in [2.24, 2.45) is 5.92 Å². The first kappa shape index (κ1) is 18.0. The molecule has 1 aromatic carbocycles. The van der Waals surface area contributed by atoms with Crippen LogP contribution >= 0.6 is 0 Å². The molecule has 26 heavy (non-hydrogen) atoms. The van der Waals surface area contributed by atoms with E-state index in [-0.39, 0.29) is 11.8 Å². The van der Waals surface area contributed by atoms with Crippen LogP contribution in [0.25, 0.3) is 0 Å². The van der Waals surface area contributed by atoms with Crippen LogP contribution in [0.1, 0.15) is 12.8 Å². The molecule has 3 rings (SSSR count). The molecule has 0 aliphatic carbocycles. The van der Waals surface area contributed by atoms with Crippen molar-refractivity contribution in [3.05, 3.63) is 36.5 Å². The monoisotopic (exact) mass is 357 g/mol. The van der Waals surface area contributed by atoms with E-state index >= 15 is 0 Å². The molecule has 0 bridgehead atoms. The predicted octanol–water partition coefficient (Wildman–Crippen LogP) is 3.21. The maximum Gasteiger partial charge on any atom is 0.228 e. The molecule has 138 valence electrons. The van der Waals surface area contributed by atoms with E-state index in [4.69, 9.17) is 14.2 Å². The van der Waals surface area contributed by atoms with E-state index in [9.17, 15) is 4.79 Å². The Balaban J connectivity index is 1.61. The number of hydrogen-bond acceptors (Lipinski definition) is 6. The summed E-state index contributed by atoms with van der Waals surface area (Å²) in [7, 11) is 3.20. The zero-order chi connectivity index (χ0) is 18.4. The number of benzene rings is 1. The first-order valence-electron chi connectivity index (χ1n) is 8.53. The van der Waals surface area contributed by atoms with Gasteiger partial charge in [0.25, 0.3) is 0 Å². The lowest BCUT2D eigenvalue weighted by Gasteiger charge is -2.20. The van der Waals surface area contributed by atoms with Crippen LogP contribution in [0.5, 0.6) is 11.5 Å². The number of amides is 1. The fraction of sp³-hybridized carbons (Fsp3) is 0.368. The first-order valence-corrected chi connectivity index (χ1v) is 8.53. The largest absolute Gasteiger partial charge is 0.493 e. The first-order chi connectivity index (χ1) is 12.7. The van der Waals surface area contributed by atoms with Gasteiger partial charge in [-0.25, -0.2) is 4.98 Å². The highest BCUT2D eigenvalue weighted by Crippen LogP contribution is 2.31. The molecule has 1 aliphatic heterocycles. The average molecular weight is 357 g/mol. The molecule has 1 aliphatic rings. The Morgan fingerprint density at radius 2 is 1.81 bits per heavy atom. The lowest BCUT2D eigenvalue weighted by molar-refractivity contribution is -0.122. The maximum absolute atomic E-state index is 12.2. The van der Waals surface area contributed by atoms with Crippen molar-refractivity contribution in [3.8, 4) is 11.5 Å². The highest BCUT2D eigenvalue weighted by atomic mass is 16.5. The van der Waals surface area contributed by atoms with Crippen molar-refractivity contribution in [1.29, 1.82) is 0 Å². The number of aromatic nitrogens is 1.